The third kappa shape index (κ3) is 2.47. The number of carbonyl (C=O) groups excluding carboxylic acids is 1. The number of rotatable bonds is 4. The molecule has 4 rings (SSSR count). The molecule has 3 nitrogen and oxygen atoms in total. The van der Waals surface area contributed by atoms with Crippen LogP contribution in [0.1, 0.15) is 16.1 Å². The molecule has 2 aromatic carbocycles. The molecule has 1 aliphatic heterocycles. The van der Waals surface area contributed by atoms with Crippen molar-refractivity contribution in [1.29, 1.82) is 0 Å². The average Bonchev–Trinajstić information content (AvgIpc) is 3.15. The number of hydrogen-bond acceptors (Lipinski definition) is 3. The zero-order valence-corrected chi connectivity index (χ0v) is 11.8. The second-order valence-corrected chi connectivity index (χ2v) is 5.32. The van der Waals surface area contributed by atoms with Crippen LogP contribution in [0.2, 0.25) is 0 Å². The third-order valence-electron chi connectivity index (χ3n) is 3.81. The molecule has 1 fully saturated rings. The van der Waals surface area contributed by atoms with Gasteiger partial charge in [0.1, 0.15) is 11.9 Å². The van der Waals surface area contributed by atoms with Gasteiger partial charge in [-0.2, -0.15) is 0 Å². The van der Waals surface area contributed by atoms with Crippen molar-refractivity contribution in [1.82, 2.24) is 0 Å². The summed E-state index contributed by atoms with van der Waals surface area (Å²) in [5.41, 5.74) is 0.692. The summed E-state index contributed by atoms with van der Waals surface area (Å²) in [5, 5.41) is 2.20. The fourth-order valence-electron chi connectivity index (χ4n) is 2.56. The van der Waals surface area contributed by atoms with E-state index >= 15 is 0 Å². The number of ketones is 1. The largest absolute Gasteiger partial charge is 0.465 e. The second kappa shape index (κ2) is 5.28. The zero-order valence-electron chi connectivity index (χ0n) is 11.8. The lowest BCUT2D eigenvalue weighted by Crippen LogP contribution is -2.09. The molecule has 1 saturated heterocycles. The lowest BCUT2D eigenvalue weighted by molar-refractivity contribution is 0.0954. The smallest absolute Gasteiger partial charge is 0.194 e. The van der Waals surface area contributed by atoms with Crippen LogP contribution in [0.4, 0.5) is 0 Å². The van der Waals surface area contributed by atoms with Crippen LogP contribution in [-0.4, -0.2) is 18.0 Å². The molecule has 0 N–H and O–H groups in total. The monoisotopic (exact) mass is 290 g/mol. The molecule has 22 heavy (non-hydrogen) atoms. The first kappa shape index (κ1) is 13.0. The highest BCUT2D eigenvalue weighted by Crippen LogP contribution is 2.29. The van der Waals surface area contributed by atoms with Gasteiger partial charge in [0.05, 0.1) is 6.26 Å². The molecule has 108 valence electrons. The van der Waals surface area contributed by atoms with E-state index in [9.17, 15) is 4.79 Å². The van der Waals surface area contributed by atoms with Gasteiger partial charge in [-0.15, -0.1) is 0 Å². The van der Waals surface area contributed by atoms with E-state index in [1.165, 1.54) is 0 Å². The maximum atomic E-state index is 12.4. The van der Waals surface area contributed by atoms with Crippen molar-refractivity contribution < 1.29 is 13.9 Å². The molecule has 2 atom stereocenters. The summed E-state index contributed by atoms with van der Waals surface area (Å²) in [6.45, 7) is 0. The van der Waals surface area contributed by atoms with E-state index in [1.54, 1.807) is 6.26 Å². The van der Waals surface area contributed by atoms with Gasteiger partial charge in [-0.05, 0) is 41.1 Å². The predicted molar refractivity (Wildman–Crippen MR) is 84.7 cm³/mol. The van der Waals surface area contributed by atoms with E-state index in [-0.39, 0.29) is 18.0 Å². The first-order valence-electron chi connectivity index (χ1n) is 7.21. The SMILES string of the molecule is O=C(c1ccc2ccccc2c1)[C@@H]1O[C@H]1/C=C/c1ccco1. The maximum Gasteiger partial charge on any atom is 0.194 e. The first-order chi connectivity index (χ1) is 10.8. The van der Waals surface area contributed by atoms with Crippen molar-refractivity contribution in [2.75, 3.05) is 0 Å². The summed E-state index contributed by atoms with van der Waals surface area (Å²) in [6.07, 6.45) is 4.77. The van der Waals surface area contributed by atoms with E-state index in [2.05, 4.69) is 0 Å². The van der Waals surface area contributed by atoms with E-state index in [0.717, 1.165) is 16.5 Å². The number of epoxide rings is 1. The highest BCUT2D eigenvalue weighted by molar-refractivity contribution is 6.04. The van der Waals surface area contributed by atoms with Gasteiger partial charge < -0.3 is 9.15 Å². The Morgan fingerprint density at radius 1 is 1.00 bits per heavy atom. The van der Waals surface area contributed by atoms with Gasteiger partial charge in [0.25, 0.3) is 0 Å². The summed E-state index contributed by atoms with van der Waals surface area (Å²) in [5.74, 6) is 0.784. The molecule has 0 amide bonds. The van der Waals surface area contributed by atoms with Crippen LogP contribution in [0.5, 0.6) is 0 Å². The molecule has 0 bridgehead atoms. The number of fused-ring (bicyclic) bond motifs is 1. The van der Waals surface area contributed by atoms with Crippen LogP contribution in [0.3, 0.4) is 0 Å². The number of Topliss-reactive ketones (excluding diaryl/α,β-unsaturated/α-hetero) is 1. The van der Waals surface area contributed by atoms with Crippen molar-refractivity contribution >= 4 is 22.6 Å². The minimum atomic E-state index is -0.382. The molecular formula is C19H14O3. The number of carbonyl (C=O) groups is 1. The van der Waals surface area contributed by atoms with E-state index < -0.39 is 0 Å². The molecular weight excluding hydrogens is 276 g/mol. The van der Waals surface area contributed by atoms with Crippen LogP contribution in [-0.2, 0) is 4.74 Å². The van der Waals surface area contributed by atoms with Gasteiger partial charge in [0.15, 0.2) is 11.9 Å². The molecule has 0 spiro atoms. The van der Waals surface area contributed by atoms with Crippen LogP contribution in [0, 0.1) is 0 Å². The fourth-order valence-corrected chi connectivity index (χ4v) is 2.56. The standard InChI is InChI=1S/C19H14O3/c20-18(15-8-7-13-4-1-2-5-14(13)12-15)19-17(22-19)10-9-16-6-3-11-21-16/h1-12,17,19H/b10-9+/t17-,19+/m0/s1. The maximum absolute atomic E-state index is 12.4. The highest BCUT2D eigenvalue weighted by atomic mass is 16.6. The Kier molecular flexibility index (Phi) is 3.13. The Labute approximate surface area is 127 Å². The Hall–Kier alpha value is -2.65. The number of ether oxygens (including phenoxy) is 1. The Bertz CT molecular complexity index is 846. The van der Waals surface area contributed by atoms with Crippen molar-refractivity contribution in [3.05, 3.63) is 78.3 Å². The molecule has 0 unspecified atom stereocenters. The number of benzene rings is 2. The topological polar surface area (TPSA) is 42.7 Å². The van der Waals surface area contributed by atoms with Gasteiger partial charge >= 0.3 is 0 Å². The third-order valence-corrected chi connectivity index (χ3v) is 3.81. The van der Waals surface area contributed by atoms with E-state index in [1.807, 2.05) is 66.7 Å². The van der Waals surface area contributed by atoms with E-state index in [0.29, 0.717) is 5.56 Å². The molecule has 2 heterocycles. The summed E-state index contributed by atoms with van der Waals surface area (Å²) in [4.78, 5) is 12.4. The lowest BCUT2D eigenvalue weighted by atomic mass is 10.0. The van der Waals surface area contributed by atoms with Crippen LogP contribution >= 0.6 is 0 Å². The molecule has 1 aliphatic rings. The van der Waals surface area contributed by atoms with Crippen molar-refractivity contribution in [2.24, 2.45) is 0 Å². The minimum Gasteiger partial charge on any atom is -0.465 e. The van der Waals surface area contributed by atoms with Gasteiger partial charge in [-0.1, -0.05) is 36.4 Å². The minimum absolute atomic E-state index is 0.0276. The van der Waals surface area contributed by atoms with E-state index in [4.69, 9.17) is 9.15 Å². The second-order valence-electron chi connectivity index (χ2n) is 5.32. The van der Waals surface area contributed by atoms with Crippen LogP contribution < -0.4 is 0 Å². The van der Waals surface area contributed by atoms with Crippen molar-refractivity contribution in [3.8, 4) is 0 Å². The predicted octanol–water partition coefficient (Wildman–Crippen LogP) is 4.10. The fraction of sp³-hybridized carbons (Fsp3) is 0.105. The molecule has 0 aliphatic carbocycles. The van der Waals surface area contributed by atoms with Crippen molar-refractivity contribution in [2.45, 2.75) is 12.2 Å². The lowest BCUT2D eigenvalue weighted by Gasteiger charge is -2.01. The first-order valence-corrected chi connectivity index (χ1v) is 7.21. The van der Waals surface area contributed by atoms with Crippen LogP contribution in [0.25, 0.3) is 16.8 Å². The normalized spacial score (nSPS) is 20.5. The Morgan fingerprint density at radius 3 is 2.68 bits per heavy atom. The molecule has 0 saturated carbocycles. The van der Waals surface area contributed by atoms with Crippen molar-refractivity contribution in [3.63, 3.8) is 0 Å². The Morgan fingerprint density at radius 2 is 1.86 bits per heavy atom. The quantitative estimate of drug-likeness (QED) is 0.536. The molecule has 3 heteroatoms. The highest BCUT2D eigenvalue weighted by Gasteiger charge is 2.43. The summed E-state index contributed by atoms with van der Waals surface area (Å²) >= 11 is 0. The zero-order chi connectivity index (χ0) is 14.9. The van der Waals surface area contributed by atoms with Gasteiger partial charge in [0, 0.05) is 5.56 Å². The van der Waals surface area contributed by atoms with Gasteiger partial charge in [-0.3, -0.25) is 4.79 Å². The molecule has 3 aromatic rings. The summed E-state index contributed by atoms with van der Waals surface area (Å²) in [7, 11) is 0. The summed E-state index contributed by atoms with van der Waals surface area (Å²) in [6, 6.07) is 17.4. The number of hydrogen-bond donors (Lipinski definition) is 0. The van der Waals surface area contributed by atoms with Crippen LogP contribution in [0.15, 0.2) is 71.4 Å². The number of furan rings is 1. The van der Waals surface area contributed by atoms with Gasteiger partial charge in [-0.25, -0.2) is 0 Å². The summed E-state index contributed by atoms with van der Waals surface area (Å²) < 4.78 is 10.7. The molecule has 1 aromatic heterocycles. The van der Waals surface area contributed by atoms with Gasteiger partial charge in [0.2, 0.25) is 0 Å². The average molecular weight is 290 g/mol. The Balaban J connectivity index is 1.50. The molecule has 0 radical (unpaired) electrons.